The van der Waals surface area contributed by atoms with E-state index in [0.29, 0.717) is 18.0 Å². The number of hydrogen-bond donors (Lipinski definition) is 1. The molecule has 29 heavy (non-hydrogen) atoms. The Morgan fingerprint density at radius 1 is 1.07 bits per heavy atom. The lowest BCUT2D eigenvalue weighted by Crippen LogP contribution is -2.49. The summed E-state index contributed by atoms with van der Waals surface area (Å²) in [6.07, 6.45) is 2.71. The van der Waals surface area contributed by atoms with Gasteiger partial charge in [0, 0.05) is 6.04 Å². The second-order valence-electron chi connectivity index (χ2n) is 7.10. The highest BCUT2D eigenvalue weighted by atomic mass is 32.2. The molecule has 0 radical (unpaired) electrons. The summed E-state index contributed by atoms with van der Waals surface area (Å²) in [7, 11) is -3.65. The van der Waals surface area contributed by atoms with Gasteiger partial charge in [-0.2, -0.15) is 0 Å². The summed E-state index contributed by atoms with van der Waals surface area (Å²) < 4.78 is 31.3. The number of amides is 1. The van der Waals surface area contributed by atoms with Gasteiger partial charge in [-0.1, -0.05) is 30.3 Å². The molecular formula is C22H30N2O4S. The van der Waals surface area contributed by atoms with Crippen molar-refractivity contribution in [2.45, 2.75) is 45.7 Å². The smallest absolute Gasteiger partial charge is 0.243 e. The maximum Gasteiger partial charge on any atom is 0.243 e. The molecule has 6 nitrogen and oxygen atoms in total. The van der Waals surface area contributed by atoms with Crippen LogP contribution in [0.5, 0.6) is 5.75 Å². The van der Waals surface area contributed by atoms with Gasteiger partial charge in [0.15, 0.2) is 0 Å². The normalized spacial score (nSPS) is 13.4. The van der Waals surface area contributed by atoms with E-state index < -0.39 is 16.1 Å². The summed E-state index contributed by atoms with van der Waals surface area (Å²) in [5.74, 6) is 0.321. The van der Waals surface area contributed by atoms with Crippen LogP contribution in [0.4, 0.5) is 5.69 Å². The van der Waals surface area contributed by atoms with Gasteiger partial charge < -0.3 is 10.1 Å². The van der Waals surface area contributed by atoms with Gasteiger partial charge >= 0.3 is 0 Å². The first-order valence-electron chi connectivity index (χ1n) is 9.79. The molecule has 1 amide bonds. The van der Waals surface area contributed by atoms with Crippen molar-refractivity contribution in [2.24, 2.45) is 0 Å². The van der Waals surface area contributed by atoms with Gasteiger partial charge in [0.05, 0.1) is 18.6 Å². The van der Waals surface area contributed by atoms with Crippen LogP contribution in [0, 0.1) is 0 Å². The minimum atomic E-state index is -3.65. The molecule has 0 fully saturated rings. The van der Waals surface area contributed by atoms with E-state index in [4.69, 9.17) is 4.74 Å². The Hall–Kier alpha value is -2.54. The molecule has 0 saturated carbocycles. The number of nitrogens with zero attached hydrogens (tertiary/aromatic N) is 1. The largest absolute Gasteiger partial charge is 0.494 e. The van der Waals surface area contributed by atoms with Crippen LogP contribution in [0.15, 0.2) is 54.6 Å². The number of ether oxygens (including phenoxy) is 1. The maximum absolute atomic E-state index is 12.8. The molecule has 0 saturated heterocycles. The van der Waals surface area contributed by atoms with Crippen molar-refractivity contribution in [3.63, 3.8) is 0 Å². The number of carbonyl (C=O) groups excluding carboxylic acids is 1. The minimum Gasteiger partial charge on any atom is -0.494 e. The van der Waals surface area contributed by atoms with Gasteiger partial charge in [-0.3, -0.25) is 9.10 Å². The molecule has 2 atom stereocenters. The van der Waals surface area contributed by atoms with E-state index in [1.54, 1.807) is 31.2 Å². The first kappa shape index (κ1) is 22.7. The molecule has 0 aliphatic heterocycles. The number of rotatable bonds is 10. The Bertz CT molecular complexity index is 883. The molecule has 1 N–H and O–H groups in total. The molecule has 0 aliphatic carbocycles. The molecule has 0 spiro atoms. The van der Waals surface area contributed by atoms with Gasteiger partial charge in [-0.05, 0) is 63.4 Å². The van der Waals surface area contributed by atoms with Crippen molar-refractivity contribution < 1.29 is 17.9 Å². The fourth-order valence-corrected chi connectivity index (χ4v) is 4.30. The molecular weight excluding hydrogens is 388 g/mol. The first-order valence-corrected chi connectivity index (χ1v) is 11.6. The number of hydrogen-bond acceptors (Lipinski definition) is 4. The Balaban J connectivity index is 2.06. The number of aryl methyl sites for hydroxylation is 1. The lowest BCUT2D eigenvalue weighted by atomic mass is 10.1. The van der Waals surface area contributed by atoms with E-state index in [1.165, 1.54) is 5.56 Å². The van der Waals surface area contributed by atoms with E-state index >= 15 is 0 Å². The summed E-state index contributed by atoms with van der Waals surface area (Å²) in [5.41, 5.74) is 1.63. The van der Waals surface area contributed by atoms with Crippen molar-refractivity contribution in [1.29, 1.82) is 0 Å². The highest BCUT2D eigenvalue weighted by molar-refractivity contribution is 7.92. The molecule has 0 unspecified atom stereocenters. The quantitative estimate of drug-likeness (QED) is 0.642. The summed E-state index contributed by atoms with van der Waals surface area (Å²) in [6, 6.07) is 15.8. The van der Waals surface area contributed by atoms with Crippen molar-refractivity contribution in [2.75, 3.05) is 17.2 Å². The lowest BCUT2D eigenvalue weighted by Gasteiger charge is -2.29. The second-order valence-corrected chi connectivity index (χ2v) is 8.96. The van der Waals surface area contributed by atoms with Crippen LogP contribution in [0.1, 0.15) is 32.8 Å². The molecule has 0 aliphatic rings. The zero-order valence-corrected chi connectivity index (χ0v) is 18.3. The predicted molar refractivity (Wildman–Crippen MR) is 117 cm³/mol. The first-order chi connectivity index (χ1) is 13.7. The highest BCUT2D eigenvalue weighted by Gasteiger charge is 2.29. The van der Waals surface area contributed by atoms with E-state index in [-0.39, 0.29) is 11.9 Å². The second kappa shape index (κ2) is 10.3. The Labute approximate surface area is 173 Å². The summed E-state index contributed by atoms with van der Waals surface area (Å²) in [4.78, 5) is 12.8. The number of sulfonamides is 1. The predicted octanol–water partition coefficient (Wildman–Crippen LogP) is 3.38. The van der Waals surface area contributed by atoms with Crippen molar-refractivity contribution in [3.8, 4) is 5.75 Å². The van der Waals surface area contributed by atoms with Crippen LogP contribution in [0.2, 0.25) is 0 Å². The van der Waals surface area contributed by atoms with Crippen LogP contribution < -0.4 is 14.4 Å². The van der Waals surface area contributed by atoms with E-state index in [9.17, 15) is 13.2 Å². The molecule has 158 valence electrons. The van der Waals surface area contributed by atoms with E-state index in [0.717, 1.165) is 23.4 Å². The SMILES string of the molecule is CCOc1ccc(N([C@@H](C)C(=O)N[C@H](C)CCc2ccccc2)S(C)(=O)=O)cc1. The van der Waals surface area contributed by atoms with Crippen molar-refractivity contribution in [3.05, 3.63) is 60.2 Å². The topological polar surface area (TPSA) is 75.7 Å². The Morgan fingerprint density at radius 2 is 1.69 bits per heavy atom. The highest BCUT2D eigenvalue weighted by Crippen LogP contribution is 2.24. The third kappa shape index (κ3) is 6.78. The molecule has 2 rings (SSSR count). The van der Waals surface area contributed by atoms with Gasteiger partial charge in [-0.15, -0.1) is 0 Å². The molecule has 0 aromatic heterocycles. The van der Waals surface area contributed by atoms with Gasteiger partial charge in [-0.25, -0.2) is 8.42 Å². The monoisotopic (exact) mass is 418 g/mol. The van der Waals surface area contributed by atoms with Gasteiger partial charge in [0.2, 0.25) is 15.9 Å². The molecule has 0 heterocycles. The molecule has 7 heteroatoms. The fourth-order valence-electron chi connectivity index (χ4n) is 3.13. The number of nitrogens with one attached hydrogen (secondary N) is 1. The third-order valence-electron chi connectivity index (χ3n) is 4.59. The van der Waals surface area contributed by atoms with Crippen LogP contribution in [-0.2, 0) is 21.2 Å². The van der Waals surface area contributed by atoms with Crippen molar-refractivity contribution in [1.82, 2.24) is 5.32 Å². The summed E-state index contributed by atoms with van der Waals surface area (Å²) >= 11 is 0. The molecule has 2 aromatic carbocycles. The summed E-state index contributed by atoms with van der Waals surface area (Å²) in [5, 5.41) is 2.93. The Kier molecular flexibility index (Phi) is 8.08. The average molecular weight is 419 g/mol. The van der Waals surface area contributed by atoms with Crippen LogP contribution in [-0.4, -0.2) is 39.3 Å². The number of benzene rings is 2. The minimum absolute atomic E-state index is 0.0769. The third-order valence-corrected chi connectivity index (χ3v) is 5.83. The van der Waals surface area contributed by atoms with Crippen LogP contribution >= 0.6 is 0 Å². The van der Waals surface area contributed by atoms with E-state index in [1.807, 2.05) is 32.0 Å². The standard InChI is InChI=1S/C22H30N2O4S/c1-5-28-21-15-13-20(14-16-21)24(29(4,26)27)18(3)22(25)23-17(2)11-12-19-9-7-6-8-10-19/h6-10,13-18H,5,11-12H2,1-4H3,(H,23,25)/t17-,18+/m1/s1. The fraction of sp³-hybridized carbons (Fsp3) is 0.409. The Morgan fingerprint density at radius 3 is 2.24 bits per heavy atom. The van der Waals surface area contributed by atoms with Gasteiger partial charge in [0.1, 0.15) is 11.8 Å². The average Bonchev–Trinajstić information content (AvgIpc) is 2.68. The lowest BCUT2D eigenvalue weighted by molar-refractivity contribution is -0.122. The number of carbonyl (C=O) groups is 1. The van der Waals surface area contributed by atoms with Crippen molar-refractivity contribution >= 4 is 21.6 Å². The maximum atomic E-state index is 12.8. The van der Waals surface area contributed by atoms with Crippen LogP contribution in [0.3, 0.4) is 0 Å². The van der Waals surface area contributed by atoms with E-state index in [2.05, 4.69) is 17.4 Å². The van der Waals surface area contributed by atoms with Gasteiger partial charge in [0.25, 0.3) is 0 Å². The zero-order valence-electron chi connectivity index (χ0n) is 17.5. The number of anilines is 1. The molecule has 2 aromatic rings. The summed E-state index contributed by atoms with van der Waals surface area (Å²) in [6.45, 7) is 5.92. The zero-order chi connectivity index (χ0) is 21.4. The van der Waals surface area contributed by atoms with Crippen LogP contribution in [0.25, 0.3) is 0 Å². The molecule has 0 bridgehead atoms.